The van der Waals surface area contributed by atoms with Crippen LogP contribution in [0.2, 0.25) is 0 Å². The van der Waals surface area contributed by atoms with Crippen molar-refractivity contribution in [1.82, 2.24) is 0 Å². The molecule has 0 fully saturated rings. The van der Waals surface area contributed by atoms with Gasteiger partial charge in [0.25, 0.3) is 0 Å². The van der Waals surface area contributed by atoms with E-state index in [9.17, 15) is 9.90 Å². The fraction of sp³-hybridized carbons (Fsp3) is 0.844. The molecule has 782 valence electrons. The molecule has 3 rings (SSSR count). The minimum atomic E-state index is -0.968. The van der Waals surface area contributed by atoms with E-state index in [0.29, 0.717) is 36.5 Å². The standard InChI is InChI=1S/C19H30O4.2C18H30O2.C15H32.C14H30O2.C14H30.C13H28.C11H24/c1-14(2)7-5-9-22-17-11-16(19(20)21)12-18(13-17)23-10-6-8-15(3)4;1-15(2)8-6-12-19-17-10-5-11-18(14-17)20-13-7-9-16(3)4;1-15(2)9-7-13-19-17-11-5-6-12-18(17)20-14-8-10-16(3)4;1-14(2)12-10-8-6-5-7-9-11-13-15(3)4;1-13(2)7-5-9-15-11-12-16-10-6-8-14(3)4;1-13(2)11-9-7-5-6-8-10-12-14(3)4;1-12(2)10-8-6-5-7-9-11-13(3)4;1-10(2)8-6-5-7-9-11(3)4/h11-15H,5-10H2,1-4H3,(H,20,21);5,10-11,14-16H,6-9,12-13H2,1-4H3;5-6,11-12,15-16H,7-10,13-14H2,1-4H3;14-15H,5-13H2,1-4H3;13-14H,5-12H2,1-4H3;13-14H,5-12H2,1-4H3;12-13H,5-11H2,1-4H3;10-11H,5-9H2,1-4H3. The van der Waals surface area contributed by atoms with Crippen LogP contribution in [-0.2, 0) is 9.47 Å². The predicted molar refractivity (Wildman–Crippen MR) is 586 cm³/mol. The largest absolute Gasteiger partial charge is 0.493 e. The summed E-state index contributed by atoms with van der Waals surface area (Å²) in [6, 6.07) is 20.8. The van der Waals surface area contributed by atoms with Crippen LogP contribution in [0.5, 0.6) is 34.5 Å². The number of ether oxygens (including phenoxy) is 8. The van der Waals surface area contributed by atoms with E-state index >= 15 is 0 Å². The van der Waals surface area contributed by atoms with E-state index in [0.717, 1.165) is 210 Å². The normalized spacial score (nSPS) is 11.3. The van der Waals surface area contributed by atoms with Gasteiger partial charge in [0, 0.05) is 25.3 Å². The molecular formula is C122H234O10. The molecule has 0 spiro atoms. The first-order valence-electron chi connectivity index (χ1n) is 56.2. The number of hydrogen-bond donors (Lipinski definition) is 1. The van der Waals surface area contributed by atoms with Crippen LogP contribution in [0.15, 0.2) is 66.7 Å². The molecule has 3 aromatic rings. The Labute approximate surface area is 826 Å². The summed E-state index contributed by atoms with van der Waals surface area (Å²) in [7, 11) is 0. The van der Waals surface area contributed by atoms with Crippen LogP contribution in [0.25, 0.3) is 0 Å². The molecule has 0 amide bonds. The summed E-state index contributed by atoms with van der Waals surface area (Å²) < 4.78 is 45.6. The zero-order valence-electron chi connectivity index (χ0n) is 94.6. The van der Waals surface area contributed by atoms with Gasteiger partial charge in [-0.3, -0.25) is 0 Å². The molecule has 0 atom stereocenters. The van der Waals surface area contributed by atoms with Crippen LogP contribution >= 0.6 is 0 Å². The number of aromatic carboxylic acids is 1. The highest BCUT2D eigenvalue weighted by atomic mass is 16.5. The number of hydrogen-bond acceptors (Lipinski definition) is 9. The van der Waals surface area contributed by atoms with Crippen molar-refractivity contribution in [1.29, 1.82) is 0 Å². The Morgan fingerprint density at radius 2 is 0.356 bits per heavy atom. The maximum absolute atomic E-state index is 11.2. The van der Waals surface area contributed by atoms with Gasteiger partial charge in [-0.15, -0.1) is 0 Å². The number of carbonyl (C=O) groups is 1. The highest BCUT2D eigenvalue weighted by Gasteiger charge is 2.12. The van der Waals surface area contributed by atoms with Crippen LogP contribution in [-0.4, -0.2) is 77.1 Å². The van der Waals surface area contributed by atoms with Gasteiger partial charge in [0.2, 0.25) is 0 Å². The second-order valence-corrected chi connectivity index (χ2v) is 45.4. The fourth-order valence-electron chi connectivity index (χ4n) is 14.5. The Morgan fingerprint density at radius 3 is 0.561 bits per heavy atom. The lowest BCUT2D eigenvalue weighted by molar-refractivity contribution is 0.0437. The summed E-state index contributed by atoms with van der Waals surface area (Å²) in [6.07, 6.45) is 60.1. The van der Waals surface area contributed by atoms with E-state index in [1.165, 1.54) is 238 Å². The molecule has 0 aromatic heterocycles. The van der Waals surface area contributed by atoms with E-state index in [4.69, 9.17) is 37.9 Å². The Balaban J connectivity index is -0.000000470. The first-order valence-corrected chi connectivity index (χ1v) is 56.2. The summed E-state index contributed by atoms with van der Waals surface area (Å²) in [6.45, 7) is 80.3. The molecule has 0 aliphatic heterocycles. The molecule has 0 bridgehead atoms. The van der Waals surface area contributed by atoms with Crippen LogP contribution < -0.4 is 28.4 Å². The third-order valence-electron chi connectivity index (χ3n) is 22.9. The molecule has 0 saturated heterocycles. The molecule has 0 aliphatic rings. The third-order valence-corrected chi connectivity index (χ3v) is 22.9. The van der Waals surface area contributed by atoms with Gasteiger partial charge in [-0.1, -0.05) is 426 Å². The average molecular weight is 1860 g/mol. The van der Waals surface area contributed by atoms with Crippen LogP contribution in [0.3, 0.4) is 0 Å². The number of rotatable bonds is 75. The summed E-state index contributed by atoms with van der Waals surface area (Å²) in [5.74, 6) is 16.7. The van der Waals surface area contributed by atoms with Crippen molar-refractivity contribution in [2.45, 2.75) is 510 Å². The van der Waals surface area contributed by atoms with Gasteiger partial charge in [-0.05, 0) is 234 Å². The number of para-hydroxylation sites is 2. The number of unbranched alkanes of at least 4 members (excludes halogenated alkanes) is 17. The molecule has 0 saturated carbocycles. The number of benzene rings is 3. The molecule has 0 radical (unpaired) electrons. The highest BCUT2D eigenvalue weighted by molar-refractivity contribution is 5.88. The van der Waals surface area contributed by atoms with Gasteiger partial charge in [0.15, 0.2) is 11.5 Å². The van der Waals surface area contributed by atoms with Crippen molar-refractivity contribution in [3.8, 4) is 34.5 Å². The van der Waals surface area contributed by atoms with Crippen molar-refractivity contribution >= 4 is 5.97 Å². The second-order valence-electron chi connectivity index (χ2n) is 45.4. The van der Waals surface area contributed by atoms with Crippen molar-refractivity contribution < 1.29 is 47.8 Å². The zero-order chi connectivity index (χ0) is 100. The van der Waals surface area contributed by atoms with Crippen LogP contribution in [0.1, 0.15) is 521 Å². The fourth-order valence-corrected chi connectivity index (χ4v) is 14.5. The quantitative estimate of drug-likeness (QED) is 0.0549. The minimum absolute atomic E-state index is 0.199. The monoisotopic (exact) mass is 1860 g/mol. The van der Waals surface area contributed by atoms with E-state index in [-0.39, 0.29) is 5.56 Å². The third kappa shape index (κ3) is 118. The van der Waals surface area contributed by atoms with Gasteiger partial charge in [0.05, 0.1) is 58.4 Å². The van der Waals surface area contributed by atoms with Gasteiger partial charge in [-0.2, -0.15) is 0 Å². The summed E-state index contributed by atoms with van der Waals surface area (Å²) in [5, 5.41) is 9.21. The lowest BCUT2D eigenvalue weighted by Crippen LogP contribution is -2.07. The molecule has 10 heteroatoms. The summed E-state index contributed by atoms with van der Waals surface area (Å²) in [5.41, 5.74) is 0.199. The Kier molecular flexibility index (Phi) is 103. The second kappa shape index (κ2) is 99.8. The Morgan fingerprint density at radius 1 is 0.189 bits per heavy atom. The predicted octanol–water partition coefficient (Wildman–Crippen LogP) is 40.0. The maximum Gasteiger partial charge on any atom is 0.335 e. The molecule has 0 unspecified atom stereocenters. The minimum Gasteiger partial charge on any atom is -0.493 e. The van der Waals surface area contributed by atoms with Crippen molar-refractivity contribution in [3.63, 3.8) is 0 Å². The summed E-state index contributed by atoms with van der Waals surface area (Å²) >= 11 is 0. The van der Waals surface area contributed by atoms with Gasteiger partial charge in [-0.25, -0.2) is 4.79 Å². The van der Waals surface area contributed by atoms with E-state index in [2.05, 4.69) is 222 Å². The smallest absolute Gasteiger partial charge is 0.335 e. The highest BCUT2D eigenvalue weighted by Crippen LogP contribution is 2.29. The summed E-state index contributed by atoms with van der Waals surface area (Å²) in [4.78, 5) is 11.2. The molecule has 0 heterocycles. The van der Waals surface area contributed by atoms with Crippen molar-refractivity contribution in [2.24, 2.45) is 94.7 Å². The zero-order valence-corrected chi connectivity index (χ0v) is 94.6. The van der Waals surface area contributed by atoms with E-state index in [1.807, 2.05) is 48.5 Å². The molecule has 0 aliphatic carbocycles. The number of carboxylic acids is 1. The lowest BCUT2D eigenvalue weighted by Gasteiger charge is -2.13. The first-order chi connectivity index (χ1) is 62.7. The average Bonchev–Trinajstić information content (AvgIpc) is 0.857. The van der Waals surface area contributed by atoms with E-state index in [1.54, 1.807) is 18.2 Å². The van der Waals surface area contributed by atoms with Gasteiger partial charge in [0.1, 0.15) is 23.0 Å². The van der Waals surface area contributed by atoms with Gasteiger partial charge < -0.3 is 43.0 Å². The van der Waals surface area contributed by atoms with Crippen molar-refractivity contribution in [3.05, 3.63) is 72.3 Å². The van der Waals surface area contributed by atoms with E-state index < -0.39 is 5.97 Å². The lowest BCUT2D eigenvalue weighted by atomic mass is 10.0. The van der Waals surface area contributed by atoms with Crippen LogP contribution in [0.4, 0.5) is 0 Å². The van der Waals surface area contributed by atoms with Gasteiger partial charge >= 0.3 is 5.97 Å². The Bertz CT molecular complexity index is 2590. The number of carboxylic acid groups (broad SMARTS) is 1. The van der Waals surface area contributed by atoms with Crippen molar-refractivity contribution in [2.75, 3.05) is 66.1 Å². The SMILES string of the molecule is CC(C)CCCCCC(C)C.CC(C)CCCCCCCC(C)C.CC(C)CCCCCCCCC(C)C.CC(C)CCCCCCCCCC(C)C.CC(C)CCCOCCOCCCC(C)C.CC(C)CCCOc1cc(OCCCC(C)C)cc(C(=O)O)c1.CC(C)CCCOc1cccc(OCCCC(C)C)c1.CC(C)CCCOc1ccccc1OCCCC(C)C. The maximum atomic E-state index is 11.2. The topological polar surface area (TPSA) is 111 Å². The molecule has 10 nitrogen and oxygen atoms in total. The molecule has 132 heavy (non-hydrogen) atoms. The Hall–Kier alpha value is -4.15. The molecule has 1 N–H and O–H groups in total. The molecular weight excluding hydrogens is 1630 g/mol. The first kappa shape index (κ1) is 136. The van der Waals surface area contributed by atoms with Crippen LogP contribution in [0, 0.1) is 94.7 Å². The molecule has 3 aromatic carbocycles.